The molecule has 0 spiro atoms. The quantitative estimate of drug-likeness (QED) is 0.817. The topological polar surface area (TPSA) is 64.6 Å². The minimum absolute atomic E-state index is 0.193. The van der Waals surface area contributed by atoms with Gasteiger partial charge in [-0.1, -0.05) is 15.9 Å². The van der Waals surface area contributed by atoms with Gasteiger partial charge < -0.3 is 9.47 Å². The second kappa shape index (κ2) is 6.64. The Morgan fingerprint density at radius 3 is 2.79 bits per heavy atom. The summed E-state index contributed by atoms with van der Waals surface area (Å²) >= 11 is 6.50. The van der Waals surface area contributed by atoms with Crippen LogP contribution in [0.1, 0.15) is 0 Å². The standard InChI is InChI=1S/C11H13Br2NO4S/c12-8-1-2-10(13)11(5-8)19(15,16)14-6-9-7-17-3-4-18-9/h1-2,5,9,14H,3-4,6-7H2. The first-order chi connectivity index (χ1) is 8.99. The molecule has 1 aliphatic rings. The van der Waals surface area contributed by atoms with Gasteiger partial charge in [-0.2, -0.15) is 0 Å². The molecule has 106 valence electrons. The maximum atomic E-state index is 12.2. The van der Waals surface area contributed by atoms with Crippen molar-refractivity contribution in [3.05, 3.63) is 27.1 Å². The predicted octanol–water partition coefficient (Wildman–Crippen LogP) is 1.91. The molecule has 0 aromatic heterocycles. The van der Waals surface area contributed by atoms with Crippen LogP contribution in [0, 0.1) is 0 Å². The third-order valence-electron chi connectivity index (χ3n) is 2.57. The Morgan fingerprint density at radius 2 is 2.11 bits per heavy atom. The van der Waals surface area contributed by atoms with Crippen molar-refractivity contribution in [2.45, 2.75) is 11.0 Å². The van der Waals surface area contributed by atoms with E-state index in [9.17, 15) is 8.42 Å². The molecule has 19 heavy (non-hydrogen) atoms. The van der Waals surface area contributed by atoms with Crippen molar-refractivity contribution in [1.29, 1.82) is 0 Å². The molecule has 1 aromatic rings. The van der Waals surface area contributed by atoms with Crippen molar-refractivity contribution >= 4 is 41.9 Å². The van der Waals surface area contributed by atoms with E-state index in [1.54, 1.807) is 18.2 Å². The number of sulfonamides is 1. The van der Waals surface area contributed by atoms with E-state index in [-0.39, 0.29) is 17.5 Å². The minimum atomic E-state index is -3.58. The smallest absolute Gasteiger partial charge is 0.241 e. The number of rotatable bonds is 4. The molecular formula is C11H13Br2NO4S. The summed E-state index contributed by atoms with van der Waals surface area (Å²) in [5.74, 6) is 0. The van der Waals surface area contributed by atoms with Crippen LogP contribution < -0.4 is 4.72 Å². The van der Waals surface area contributed by atoms with Crippen molar-refractivity contribution in [1.82, 2.24) is 4.72 Å². The Labute approximate surface area is 129 Å². The summed E-state index contributed by atoms with van der Waals surface area (Å²) in [6.07, 6.45) is -0.241. The lowest BCUT2D eigenvalue weighted by Gasteiger charge is -2.23. The molecule has 0 amide bonds. The molecule has 0 saturated carbocycles. The molecule has 5 nitrogen and oxygen atoms in total. The van der Waals surface area contributed by atoms with Crippen LogP contribution in [-0.2, 0) is 19.5 Å². The molecule has 0 radical (unpaired) electrons. The Bertz CT molecular complexity index is 544. The molecule has 0 bridgehead atoms. The van der Waals surface area contributed by atoms with Crippen LogP contribution in [0.3, 0.4) is 0 Å². The predicted molar refractivity (Wildman–Crippen MR) is 77.6 cm³/mol. The zero-order valence-corrected chi connectivity index (χ0v) is 13.9. The van der Waals surface area contributed by atoms with Gasteiger partial charge in [-0.3, -0.25) is 0 Å². The fraction of sp³-hybridized carbons (Fsp3) is 0.455. The molecular weight excluding hydrogens is 402 g/mol. The first kappa shape index (κ1) is 15.4. The van der Waals surface area contributed by atoms with Crippen LogP contribution in [0.15, 0.2) is 32.0 Å². The second-order valence-corrected chi connectivity index (χ2v) is 7.50. The fourth-order valence-corrected chi connectivity index (χ4v) is 4.18. The lowest BCUT2D eigenvalue weighted by molar-refractivity contribution is -0.0846. The molecule has 1 aromatic carbocycles. The molecule has 1 heterocycles. The molecule has 1 saturated heterocycles. The van der Waals surface area contributed by atoms with E-state index in [4.69, 9.17) is 9.47 Å². The number of hydrogen-bond donors (Lipinski definition) is 1. The Morgan fingerprint density at radius 1 is 1.32 bits per heavy atom. The van der Waals surface area contributed by atoms with E-state index < -0.39 is 10.0 Å². The summed E-state index contributed by atoms with van der Waals surface area (Å²) in [6, 6.07) is 4.99. The van der Waals surface area contributed by atoms with E-state index in [0.717, 1.165) is 0 Å². The molecule has 1 atom stereocenters. The molecule has 1 aliphatic heterocycles. The van der Waals surface area contributed by atoms with Crippen molar-refractivity contribution in [3.8, 4) is 0 Å². The van der Waals surface area contributed by atoms with Gasteiger partial charge in [0.1, 0.15) is 0 Å². The maximum Gasteiger partial charge on any atom is 0.241 e. The van der Waals surface area contributed by atoms with Gasteiger partial charge in [0.25, 0.3) is 0 Å². The third-order valence-corrected chi connectivity index (χ3v) is 5.48. The average molecular weight is 415 g/mol. The largest absolute Gasteiger partial charge is 0.376 e. The Kier molecular flexibility index (Phi) is 5.38. The summed E-state index contributed by atoms with van der Waals surface area (Å²) in [7, 11) is -3.58. The minimum Gasteiger partial charge on any atom is -0.376 e. The van der Waals surface area contributed by atoms with Gasteiger partial charge in [-0.25, -0.2) is 13.1 Å². The monoisotopic (exact) mass is 413 g/mol. The van der Waals surface area contributed by atoms with E-state index in [2.05, 4.69) is 36.6 Å². The zero-order valence-electron chi connectivity index (χ0n) is 9.93. The van der Waals surface area contributed by atoms with Crippen LogP contribution in [-0.4, -0.2) is 40.9 Å². The van der Waals surface area contributed by atoms with E-state index in [1.807, 2.05) is 0 Å². The number of halogens is 2. The van der Waals surface area contributed by atoms with Gasteiger partial charge in [0.15, 0.2) is 0 Å². The first-order valence-corrected chi connectivity index (χ1v) is 8.70. The maximum absolute atomic E-state index is 12.2. The molecule has 1 unspecified atom stereocenters. The van der Waals surface area contributed by atoms with Gasteiger partial charge in [0.2, 0.25) is 10.0 Å². The van der Waals surface area contributed by atoms with Crippen molar-refractivity contribution in [2.75, 3.05) is 26.4 Å². The van der Waals surface area contributed by atoms with Crippen LogP contribution in [0.4, 0.5) is 0 Å². The summed E-state index contributed by atoms with van der Waals surface area (Å²) in [4.78, 5) is 0.193. The van der Waals surface area contributed by atoms with E-state index >= 15 is 0 Å². The van der Waals surface area contributed by atoms with Gasteiger partial charge in [0.05, 0.1) is 30.8 Å². The summed E-state index contributed by atoms with van der Waals surface area (Å²) in [6.45, 7) is 1.65. The molecule has 1 fully saturated rings. The fourth-order valence-electron chi connectivity index (χ4n) is 1.62. The summed E-state index contributed by atoms with van der Waals surface area (Å²) in [5, 5.41) is 0. The summed E-state index contributed by atoms with van der Waals surface area (Å²) < 4.78 is 38.7. The van der Waals surface area contributed by atoms with Crippen molar-refractivity contribution < 1.29 is 17.9 Å². The number of benzene rings is 1. The number of hydrogen-bond acceptors (Lipinski definition) is 4. The zero-order chi connectivity index (χ0) is 13.9. The van der Waals surface area contributed by atoms with Crippen LogP contribution >= 0.6 is 31.9 Å². The lowest BCUT2D eigenvalue weighted by Crippen LogP contribution is -2.39. The van der Waals surface area contributed by atoms with Crippen LogP contribution in [0.25, 0.3) is 0 Å². The number of nitrogens with one attached hydrogen (secondary N) is 1. The Hall–Kier alpha value is 0.01000. The van der Waals surface area contributed by atoms with Gasteiger partial charge >= 0.3 is 0 Å². The Balaban J connectivity index is 2.07. The highest BCUT2D eigenvalue weighted by atomic mass is 79.9. The molecule has 1 N–H and O–H groups in total. The normalized spacial score (nSPS) is 20.4. The highest BCUT2D eigenvalue weighted by molar-refractivity contribution is 9.11. The van der Waals surface area contributed by atoms with E-state index in [1.165, 1.54) is 0 Å². The number of ether oxygens (including phenoxy) is 2. The summed E-state index contributed by atoms with van der Waals surface area (Å²) in [5.41, 5.74) is 0. The van der Waals surface area contributed by atoms with Crippen molar-refractivity contribution in [2.24, 2.45) is 0 Å². The van der Waals surface area contributed by atoms with Gasteiger partial charge in [-0.05, 0) is 34.1 Å². The second-order valence-electron chi connectivity index (χ2n) is 3.99. The molecule has 8 heteroatoms. The van der Waals surface area contributed by atoms with Crippen LogP contribution in [0.2, 0.25) is 0 Å². The SMILES string of the molecule is O=S(=O)(NCC1COCCO1)c1cc(Br)ccc1Br. The van der Waals surface area contributed by atoms with Crippen molar-refractivity contribution in [3.63, 3.8) is 0 Å². The molecule has 2 rings (SSSR count). The van der Waals surface area contributed by atoms with Gasteiger partial charge in [0, 0.05) is 15.5 Å². The third kappa shape index (κ3) is 4.24. The van der Waals surface area contributed by atoms with Gasteiger partial charge in [-0.15, -0.1) is 0 Å². The first-order valence-electron chi connectivity index (χ1n) is 5.63. The average Bonchev–Trinajstić information content (AvgIpc) is 2.40. The van der Waals surface area contributed by atoms with E-state index in [0.29, 0.717) is 28.8 Å². The highest BCUT2D eigenvalue weighted by Crippen LogP contribution is 2.25. The molecule has 0 aliphatic carbocycles. The highest BCUT2D eigenvalue weighted by Gasteiger charge is 2.21. The lowest BCUT2D eigenvalue weighted by atomic mass is 10.3. The van der Waals surface area contributed by atoms with Crippen LogP contribution in [0.5, 0.6) is 0 Å².